The third-order valence-corrected chi connectivity index (χ3v) is 3.10. The summed E-state index contributed by atoms with van der Waals surface area (Å²) in [6.45, 7) is 2.17. The largest absolute Gasteiger partial charge is 0.480 e. The Balaban J connectivity index is 2.58. The van der Waals surface area contributed by atoms with Gasteiger partial charge in [-0.15, -0.1) is 0 Å². The van der Waals surface area contributed by atoms with E-state index in [1.165, 1.54) is 17.0 Å². The topological polar surface area (TPSA) is 69.6 Å². The van der Waals surface area contributed by atoms with Gasteiger partial charge in [0.05, 0.1) is 0 Å². The molecule has 2 amide bonds. The first-order valence-corrected chi connectivity index (χ1v) is 6.93. The number of urea groups is 1. The van der Waals surface area contributed by atoms with E-state index >= 15 is 0 Å². The van der Waals surface area contributed by atoms with Crippen molar-refractivity contribution in [3.8, 4) is 0 Å². The molecule has 1 aromatic carbocycles. The Morgan fingerprint density at radius 3 is 2.71 bits per heavy atom. The van der Waals surface area contributed by atoms with Crippen molar-refractivity contribution in [2.75, 3.05) is 7.05 Å². The fraction of sp³-hybridized carbons (Fsp3) is 0.467. The highest BCUT2D eigenvalue weighted by atomic mass is 19.1. The fourth-order valence-corrected chi connectivity index (χ4v) is 1.91. The predicted octanol–water partition coefficient (Wildman–Crippen LogP) is 2.61. The minimum atomic E-state index is -1.05. The molecule has 0 aliphatic carbocycles. The van der Waals surface area contributed by atoms with Crippen LogP contribution in [0.1, 0.15) is 31.7 Å². The van der Waals surface area contributed by atoms with Gasteiger partial charge in [0, 0.05) is 13.6 Å². The highest BCUT2D eigenvalue weighted by Crippen LogP contribution is 2.07. The van der Waals surface area contributed by atoms with Crippen LogP contribution in [0.5, 0.6) is 0 Å². The number of nitrogens with one attached hydrogen (secondary N) is 1. The maximum atomic E-state index is 13.1. The summed E-state index contributed by atoms with van der Waals surface area (Å²) in [6, 6.07) is 4.57. The van der Waals surface area contributed by atoms with Gasteiger partial charge in [0.2, 0.25) is 0 Å². The molecule has 0 saturated carbocycles. The van der Waals surface area contributed by atoms with Gasteiger partial charge in [0.1, 0.15) is 11.9 Å². The molecule has 6 heteroatoms. The maximum Gasteiger partial charge on any atom is 0.326 e. The van der Waals surface area contributed by atoms with E-state index in [9.17, 15) is 14.0 Å². The minimum Gasteiger partial charge on any atom is -0.480 e. The number of carbonyl (C=O) groups is 2. The SMILES string of the molecule is CCCCC(NC(=O)N(C)Cc1cccc(F)c1)C(=O)O. The van der Waals surface area contributed by atoms with Crippen LogP contribution in [0.4, 0.5) is 9.18 Å². The van der Waals surface area contributed by atoms with Crippen molar-refractivity contribution in [1.29, 1.82) is 0 Å². The zero-order chi connectivity index (χ0) is 15.8. The molecule has 5 nitrogen and oxygen atoms in total. The molecule has 0 bridgehead atoms. The summed E-state index contributed by atoms with van der Waals surface area (Å²) in [5.74, 6) is -1.41. The van der Waals surface area contributed by atoms with Gasteiger partial charge in [0.25, 0.3) is 0 Å². The molecule has 0 heterocycles. The standard InChI is InChI=1S/C15H21FN2O3/c1-3-4-8-13(14(19)20)17-15(21)18(2)10-11-6-5-7-12(16)9-11/h5-7,9,13H,3-4,8,10H2,1-2H3,(H,17,21)(H,19,20). The first kappa shape index (κ1) is 16.9. The molecule has 0 aliphatic rings. The summed E-state index contributed by atoms with van der Waals surface area (Å²) in [5, 5.41) is 11.6. The molecule has 116 valence electrons. The molecule has 0 radical (unpaired) electrons. The highest BCUT2D eigenvalue weighted by molar-refractivity contribution is 5.82. The molecule has 0 aromatic heterocycles. The number of halogens is 1. The number of carboxylic acids is 1. The molecular weight excluding hydrogens is 275 g/mol. The molecular formula is C15H21FN2O3. The van der Waals surface area contributed by atoms with Gasteiger partial charge in [-0.2, -0.15) is 0 Å². The zero-order valence-electron chi connectivity index (χ0n) is 12.3. The number of rotatable bonds is 7. The van der Waals surface area contributed by atoms with E-state index in [2.05, 4.69) is 5.32 Å². The minimum absolute atomic E-state index is 0.212. The second kappa shape index (κ2) is 8.24. The molecule has 1 rings (SSSR count). The van der Waals surface area contributed by atoms with Crippen LogP contribution in [-0.2, 0) is 11.3 Å². The van der Waals surface area contributed by atoms with E-state index in [1.54, 1.807) is 19.2 Å². The van der Waals surface area contributed by atoms with Gasteiger partial charge >= 0.3 is 12.0 Å². The second-order valence-electron chi connectivity index (χ2n) is 4.97. The Bertz CT molecular complexity index is 494. The van der Waals surface area contributed by atoms with Crippen molar-refractivity contribution in [2.24, 2.45) is 0 Å². The van der Waals surface area contributed by atoms with E-state index in [0.29, 0.717) is 12.0 Å². The number of carboxylic acid groups (broad SMARTS) is 1. The van der Waals surface area contributed by atoms with Gasteiger partial charge in [-0.25, -0.2) is 14.0 Å². The van der Waals surface area contributed by atoms with Crippen LogP contribution < -0.4 is 5.32 Å². The number of nitrogens with zero attached hydrogens (tertiary/aromatic N) is 1. The summed E-state index contributed by atoms with van der Waals surface area (Å²) in [4.78, 5) is 24.4. The Labute approximate surface area is 123 Å². The highest BCUT2D eigenvalue weighted by Gasteiger charge is 2.21. The fourth-order valence-electron chi connectivity index (χ4n) is 1.91. The number of amides is 2. The van der Waals surface area contributed by atoms with Gasteiger partial charge in [0.15, 0.2) is 0 Å². The molecule has 1 atom stereocenters. The molecule has 0 saturated heterocycles. The van der Waals surface area contributed by atoms with Crippen LogP contribution in [0.15, 0.2) is 24.3 Å². The molecule has 21 heavy (non-hydrogen) atoms. The summed E-state index contributed by atoms with van der Waals surface area (Å²) in [5.41, 5.74) is 0.646. The van der Waals surface area contributed by atoms with Crippen molar-refractivity contribution in [2.45, 2.75) is 38.8 Å². The van der Waals surface area contributed by atoms with Crippen LogP contribution in [0.3, 0.4) is 0 Å². The first-order chi connectivity index (χ1) is 9.93. The molecule has 0 fully saturated rings. The van der Waals surface area contributed by atoms with Crippen LogP contribution in [0.25, 0.3) is 0 Å². The number of carbonyl (C=O) groups excluding carboxylic acids is 1. The van der Waals surface area contributed by atoms with Crippen molar-refractivity contribution >= 4 is 12.0 Å². The quantitative estimate of drug-likeness (QED) is 0.812. The monoisotopic (exact) mass is 296 g/mol. The van der Waals surface area contributed by atoms with E-state index in [1.807, 2.05) is 6.92 Å². The lowest BCUT2D eigenvalue weighted by molar-refractivity contribution is -0.139. The number of hydrogen-bond donors (Lipinski definition) is 2. The average Bonchev–Trinajstić information content (AvgIpc) is 2.42. The van der Waals surface area contributed by atoms with Crippen molar-refractivity contribution < 1.29 is 19.1 Å². The second-order valence-corrected chi connectivity index (χ2v) is 4.97. The van der Waals surface area contributed by atoms with Crippen LogP contribution in [0, 0.1) is 5.82 Å². The van der Waals surface area contributed by atoms with E-state index in [4.69, 9.17) is 5.11 Å². The van der Waals surface area contributed by atoms with Gasteiger partial charge in [-0.05, 0) is 24.1 Å². The average molecular weight is 296 g/mol. The first-order valence-electron chi connectivity index (χ1n) is 6.93. The van der Waals surface area contributed by atoms with E-state index in [-0.39, 0.29) is 12.4 Å². The molecule has 0 aliphatic heterocycles. The van der Waals surface area contributed by atoms with E-state index in [0.717, 1.165) is 12.8 Å². The van der Waals surface area contributed by atoms with Gasteiger partial charge in [-0.1, -0.05) is 31.9 Å². The summed E-state index contributed by atoms with van der Waals surface area (Å²) in [7, 11) is 1.54. The number of aliphatic carboxylic acids is 1. The molecule has 2 N–H and O–H groups in total. The normalized spacial score (nSPS) is 11.8. The van der Waals surface area contributed by atoms with Crippen molar-refractivity contribution in [3.63, 3.8) is 0 Å². The Morgan fingerprint density at radius 2 is 2.14 bits per heavy atom. The van der Waals surface area contributed by atoms with Crippen LogP contribution >= 0.6 is 0 Å². The zero-order valence-corrected chi connectivity index (χ0v) is 12.3. The van der Waals surface area contributed by atoms with Crippen molar-refractivity contribution in [1.82, 2.24) is 10.2 Å². The summed E-state index contributed by atoms with van der Waals surface area (Å²) < 4.78 is 13.1. The Hall–Kier alpha value is -2.11. The van der Waals surface area contributed by atoms with Gasteiger partial charge < -0.3 is 15.3 Å². The molecule has 1 aromatic rings. The summed E-state index contributed by atoms with van der Waals surface area (Å²) >= 11 is 0. The van der Waals surface area contributed by atoms with Crippen LogP contribution in [-0.4, -0.2) is 35.1 Å². The smallest absolute Gasteiger partial charge is 0.326 e. The Morgan fingerprint density at radius 1 is 1.43 bits per heavy atom. The number of unbranched alkanes of at least 4 members (excludes halogenated alkanes) is 1. The lowest BCUT2D eigenvalue weighted by Crippen LogP contribution is -2.46. The number of benzene rings is 1. The Kier molecular flexibility index (Phi) is 6.65. The molecule has 0 spiro atoms. The van der Waals surface area contributed by atoms with E-state index < -0.39 is 18.0 Å². The number of hydrogen-bond acceptors (Lipinski definition) is 2. The van der Waals surface area contributed by atoms with Gasteiger partial charge in [-0.3, -0.25) is 0 Å². The maximum absolute atomic E-state index is 13.1. The third kappa shape index (κ3) is 5.81. The lowest BCUT2D eigenvalue weighted by Gasteiger charge is -2.21. The predicted molar refractivity (Wildman–Crippen MR) is 77.3 cm³/mol. The van der Waals surface area contributed by atoms with Crippen molar-refractivity contribution in [3.05, 3.63) is 35.6 Å². The molecule has 1 unspecified atom stereocenters. The van der Waals surface area contributed by atoms with Crippen LogP contribution in [0.2, 0.25) is 0 Å². The lowest BCUT2D eigenvalue weighted by atomic mass is 10.1. The summed E-state index contributed by atoms with van der Waals surface area (Å²) in [6.07, 6.45) is 1.98. The third-order valence-electron chi connectivity index (χ3n) is 3.10.